The summed E-state index contributed by atoms with van der Waals surface area (Å²) in [5.74, 6) is -0.711. The molecule has 0 spiro atoms. The van der Waals surface area contributed by atoms with Crippen LogP contribution in [0, 0.1) is 5.41 Å². The minimum absolute atomic E-state index is 0.0915. The second-order valence-electron chi connectivity index (χ2n) is 2.63. The third-order valence-corrected chi connectivity index (χ3v) is 1.74. The normalized spacial score (nSPS) is 33.1. The lowest BCUT2D eigenvalue weighted by molar-refractivity contribution is -0.240. The van der Waals surface area contributed by atoms with E-state index in [1.807, 2.05) is 0 Å². The zero-order chi connectivity index (χ0) is 8.48. The van der Waals surface area contributed by atoms with Crippen LogP contribution in [0.1, 0.15) is 6.92 Å². The number of aliphatic hydroxyl groups excluding tert-OH is 1. The predicted octanol–water partition coefficient (Wildman–Crippen LogP) is -0.959. The van der Waals surface area contributed by atoms with Gasteiger partial charge in [-0.2, -0.15) is 4.89 Å². The van der Waals surface area contributed by atoms with Crippen molar-refractivity contribution in [1.82, 2.24) is 0 Å². The number of carbonyl (C=O) groups is 2. The van der Waals surface area contributed by atoms with Crippen molar-refractivity contribution in [2.75, 3.05) is 6.61 Å². The van der Waals surface area contributed by atoms with Gasteiger partial charge in [0.2, 0.25) is 0 Å². The molecule has 1 rings (SSSR count). The molecule has 0 aliphatic carbocycles. The molecule has 1 heterocycles. The van der Waals surface area contributed by atoms with Crippen LogP contribution in [0.2, 0.25) is 0 Å². The zero-order valence-electron chi connectivity index (χ0n) is 5.94. The molecule has 2 atom stereocenters. The highest BCUT2D eigenvalue weighted by Gasteiger charge is 2.48. The smallest absolute Gasteiger partial charge is 0.353 e. The van der Waals surface area contributed by atoms with Gasteiger partial charge in [0.1, 0.15) is 24.4 Å². The molecule has 5 nitrogen and oxygen atoms in total. The van der Waals surface area contributed by atoms with Gasteiger partial charge in [0.05, 0.1) is 0 Å². The molecule has 0 radical (unpaired) electrons. The van der Waals surface area contributed by atoms with E-state index in [1.165, 1.54) is 6.92 Å². The Morgan fingerprint density at radius 3 is 2.82 bits per heavy atom. The number of hydrogen-bond acceptors (Lipinski definition) is 5. The van der Waals surface area contributed by atoms with Crippen molar-refractivity contribution in [3.63, 3.8) is 0 Å². The first-order valence-corrected chi connectivity index (χ1v) is 3.08. The summed E-state index contributed by atoms with van der Waals surface area (Å²) in [7, 11) is 0. The van der Waals surface area contributed by atoms with Crippen molar-refractivity contribution in [1.29, 1.82) is 0 Å². The molecule has 11 heavy (non-hydrogen) atoms. The van der Waals surface area contributed by atoms with Crippen LogP contribution >= 0.6 is 0 Å². The molecule has 5 heteroatoms. The van der Waals surface area contributed by atoms with Gasteiger partial charge >= 0.3 is 5.97 Å². The highest BCUT2D eigenvalue weighted by molar-refractivity contribution is 5.82. The maximum Gasteiger partial charge on any atom is 0.353 e. The average molecular weight is 160 g/mol. The minimum atomic E-state index is -1.36. The standard InChI is InChI=1S/C6H8O5/c1-6(4(8)2-7)3-10-11-5(6)9/h2,4,8H,3H2,1H3. The second-order valence-corrected chi connectivity index (χ2v) is 2.63. The Morgan fingerprint density at radius 1 is 1.82 bits per heavy atom. The van der Waals surface area contributed by atoms with Gasteiger partial charge in [0.15, 0.2) is 0 Å². The lowest BCUT2D eigenvalue weighted by Crippen LogP contribution is -2.39. The lowest BCUT2D eigenvalue weighted by atomic mass is 9.86. The van der Waals surface area contributed by atoms with E-state index in [1.54, 1.807) is 0 Å². The minimum Gasteiger partial charge on any atom is -0.384 e. The molecule has 0 aromatic heterocycles. The SMILES string of the molecule is CC1(C(O)C=O)COOC1=O. The lowest BCUT2D eigenvalue weighted by Gasteiger charge is -2.17. The van der Waals surface area contributed by atoms with Crippen molar-refractivity contribution in [3.8, 4) is 0 Å². The quantitative estimate of drug-likeness (QED) is 0.416. The molecular weight excluding hydrogens is 152 g/mol. The van der Waals surface area contributed by atoms with Gasteiger partial charge in [-0.15, -0.1) is 0 Å². The van der Waals surface area contributed by atoms with Gasteiger partial charge in [0.25, 0.3) is 0 Å². The Labute approximate surface area is 62.8 Å². The van der Waals surface area contributed by atoms with Gasteiger partial charge in [-0.3, -0.25) is 4.89 Å². The Bertz CT molecular complexity index is 189. The number of aldehydes is 1. The van der Waals surface area contributed by atoms with Gasteiger partial charge in [-0.1, -0.05) is 0 Å². The predicted molar refractivity (Wildman–Crippen MR) is 32.2 cm³/mol. The Balaban J connectivity index is 2.80. The summed E-state index contributed by atoms with van der Waals surface area (Å²) in [5.41, 5.74) is -1.23. The number of aliphatic hydroxyl groups is 1. The molecule has 1 fully saturated rings. The van der Waals surface area contributed by atoms with Crippen LogP contribution in [-0.4, -0.2) is 30.1 Å². The summed E-state index contributed by atoms with van der Waals surface area (Å²) < 4.78 is 0. The third kappa shape index (κ3) is 1.12. The summed E-state index contributed by atoms with van der Waals surface area (Å²) >= 11 is 0. The highest BCUT2D eigenvalue weighted by atomic mass is 17.2. The van der Waals surface area contributed by atoms with E-state index < -0.39 is 17.5 Å². The maximum atomic E-state index is 10.8. The van der Waals surface area contributed by atoms with E-state index in [2.05, 4.69) is 9.78 Å². The van der Waals surface area contributed by atoms with Crippen LogP contribution in [0.15, 0.2) is 0 Å². The van der Waals surface area contributed by atoms with E-state index in [0.717, 1.165) is 0 Å². The molecule has 1 aliphatic rings. The summed E-state index contributed by atoms with van der Waals surface area (Å²) in [6, 6.07) is 0. The molecule has 0 amide bonds. The molecule has 1 saturated heterocycles. The molecule has 0 aromatic carbocycles. The number of hydrogen-bond donors (Lipinski definition) is 1. The van der Waals surface area contributed by atoms with Crippen molar-refractivity contribution in [2.45, 2.75) is 13.0 Å². The summed E-state index contributed by atoms with van der Waals surface area (Å²) in [5, 5.41) is 9.04. The summed E-state index contributed by atoms with van der Waals surface area (Å²) in [4.78, 5) is 29.4. The first-order chi connectivity index (χ1) is 5.11. The van der Waals surface area contributed by atoms with E-state index >= 15 is 0 Å². The molecule has 0 aromatic rings. The van der Waals surface area contributed by atoms with Gasteiger partial charge in [0, 0.05) is 0 Å². The van der Waals surface area contributed by atoms with E-state index in [-0.39, 0.29) is 12.9 Å². The first-order valence-electron chi connectivity index (χ1n) is 3.08. The van der Waals surface area contributed by atoms with Crippen molar-refractivity contribution in [2.24, 2.45) is 5.41 Å². The van der Waals surface area contributed by atoms with E-state index in [4.69, 9.17) is 5.11 Å². The van der Waals surface area contributed by atoms with Crippen molar-refractivity contribution in [3.05, 3.63) is 0 Å². The van der Waals surface area contributed by atoms with Crippen LogP contribution in [0.5, 0.6) is 0 Å². The second kappa shape index (κ2) is 2.60. The number of carbonyl (C=O) groups excluding carboxylic acids is 2. The average Bonchev–Trinajstić information content (AvgIpc) is 2.32. The number of rotatable bonds is 2. The van der Waals surface area contributed by atoms with Crippen LogP contribution < -0.4 is 0 Å². The highest BCUT2D eigenvalue weighted by Crippen LogP contribution is 2.28. The van der Waals surface area contributed by atoms with Crippen LogP contribution in [0.3, 0.4) is 0 Å². The maximum absolute atomic E-state index is 10.8. The van der Waals surface area contributed by atoms with E-state index in [9.17, 15) is 9.59 Å². The topological polar surface area (TPSA) is 72.8 Å². The molecule has 2 unspecified atom stereocenters. The molecule has 62 valence electrons. The molecule has 0 bridgehead atoms. The fourth-order valence-corrected chi connectivity index (χ4v) is 0.716. The van der Waals surface area contributed by atoms with Crippen LogP contribution in [0.25, 0.3) is 0 Å². The largest absolute Gasteiger partial charge is 0.384 e. The monoisotopic (exact) mass is 160 g/mol. The fraction of sp³-hybridized carbons (Fsp3) is 0.667. The van der Waals surface area contributed by atoms with Crippen molar-refractivity contribution >= 4 is 12.3 Å². The zero-order valence-corrected chi connectivity index (χ0v) is 5.94. The Morgan fingerprint density at radius 2 is 2.45 bits per heavy atom. The molecule has 1 N–H and O–H groups in total. The van der Waals surface area contributed by atoms with Gasteiger partial charge in [-0.05, 0) is 6.92 Å². The molecule has 0 saturated carbocycles. The fourth-order valence-electron chi connectivity index (χ4n) is 0.716. The van der Waals surface area contributed by atoms with Crippen LogP contribution in [-0.2, 0) is 19.4 Å². The summed E-state index contributed by atoms with van der Waals surface area (Å²) in [6.45, 7) is 1.31. The van der Waals surface area contributed by atoms with Crippen LogP contribution in [0.4, 0.5) is 0 Å². The Hall–Kier alpha value is -0.940. The first kappa shape index (κ1) is 8.16. The molecule has 1 aliphatic heterocycles. The molecular formula is C6H8O5. The van der Waals surface area contributed by atoms with Gasteiger partial charge in [-0.25, -0.2) is 4.79 Å². The van der Waals surface area contributed by atoms with E-state index in [0.29, 0.717) is 0 Å². The van der Waals surface area contributed by atoms with Crippen molar-refractivity contribution < 1.29 is 24.5 Å². The Kier molecular flexibility index (Phi) is 1.92. The van der Waals surface area contributed by atoms with Gasteiger partial charge < -0.3 is 9.90 Å². The third-order valence-electron chi connectivity index (χ3n) is 1.74. The summed E-state index contributed by atoms with van der Waals surface area (Å²) in [6.07, 6.45) is -1.08.